The van der Waals surface area contributed by atoms with Gasteiger partial charge >= 0.3 is 5.97 Å². The Hall–Kier alpha value is -6.20. The first kappa shape index (κ1) is 40.0. The lowest BCUT2D eigenvalue weighted by Gasteiger charge is -2.25. The van der Waals surface area contributed by atoms with Crippen LogP contribution in [0.15, 0.2) is 66.9 Å². The van der Waals surface area contributed by atoms with Crippen LogP contribution >= 0.6 is 11.3 Å². The predicted octanol–water partition coefficient (Wildman–Crippen LogP) is 3.32. The van der Waals surface area contributed by atoms with Gasteiger partial charge in [0.2, 0.25) is 23.5 Å². The first-order chi connectivity index (χ1) is 26.2. The highest BCUT2D eigenvalue weighted by Gasteiger charge is 2.32. The van der Waals surface area contributed by atoms with E-state index in [1.165, 1.54) is 24.3 Å². The molecule has 0 saturated heterocycles. The lowest BCUT2D eigenvalue weighted by atomic mass is 9.98. The molecule has 0 aliphatic heterocycles. The number of fused-ring (bicyclic) bond motifs is 1. The number of anilines is 1. The minimum atomic E-state index is -1.54. The molecule has 5 rings (SSSR count). The molecule has 288 valence electrons. The summed E-state index contributed by atoms with van der Waals surface area (Å²) >= 11 is 1.20. The number of para-hydroxylation sites is 1. The van der Waals surface area contributed by atoms with Crippen molar-refractivity contribution >= 4 is 62.8 Å². The number of hydrogen-bond donors (Lipinski definition) is 8. The Labute approximate surface area is 320 Å². The van der Waals surface area contributed by atoms with Gasteiger partial charge in [-0.25, -0.2) is 4.98 Å². The van der Waals surface area contributed by atoms with Gasteiger partial charge in [0, 0.05) is 29.1 Å². The Morgan fingerprint density at radius 1 is 0.909 bits per heavy atom. The van der Waals surface area contributed by atoms with Crippen LogP contribution in [-0.4, -0.2) is 84.8 Å². The van der Waals surface area contributed by atoms with E-state index < -0.39 is 60.1 Å². The van der Waals surface area contributed by atoms with Gasteiger partial charge in [-0.3, -0.25) is 39.2 Å². The van der Waals surface area contributed by atoms with Crippen LogP contribution in [0.1, 0.15) is 65.7 Å². The maximum atomic E-state index is 13.9. The molecule has 17 heteroatoms. The van der Waals surface area contributed by atoms with Gasteiger partial charge in [0.25, 0.3) is 5.91 Å². The normalized spacial score (nSPS) is 13.9. The van der Waals surface area contributed by atoms with E-state index in [1.807, 2.05) is 37.3 Å². The highest BCUT2D eigenvalue weighted by Crippen LogP contribution is 2.32. The number of Topliss-reactive ketones (excluding diaryl/α,β-unsaturated/α-hetero) is 1. The van der Waals surface area contributed by atoms with Crippen molar-refractivity contribution in [2.75, 3.05) is 5.32 Å². The molecule has 3 heterocycles. The molecule has 3 aromatic heterocycles. The number of carboxylic acids is 1. The Morgan fingerprint density at radius 3 is 2.29 bits per heavy atom. The number of rotatable bonds is 17. The largest absolute Gasteiger partial charge is 0.481 e. The second-order valence-corrected chi connectivity index (χ2v) is 14.2. The van der Waals surface area contributed by atoms with Crippen LogP contribution in [0.25, 0.3) is 21.5 Å². The van der Waals surface area contributed by atoms with Crippen molar-refractivity contribution in [3.8, 4) is 10.6 Å². The van der Waals surface area contributed by atoms with Gasteiger partial charge in [-0.1, -0.05) is 68.0 Å². The number of carbonyl (C=O) groups is 6. The van der Waals surface area contributed by atoms with Crippen molar-refractivity contribution in [3.05, 3.63) is 89.4 Å². The van der Waals surface area contributed by atoms with E-state index in [9.17, 15) is 33.9 Å². The highest BCUT2D eigenvalue weighted by molar-refractivity contribution is 7.19. The molecule has 0 radical (unpaired) electrons. The summed E-state index contributed by atoms with van der Waals surface area (Å²) in [6, 6.07) is 12.6. The third-order valence-electron chi connectivity index (χ3n) is 9.18. The molecule has 5 aromatic rings. The van der Waals surface area contributed by atoms with Gasteiger partial charge in [-0.15, -0.1) is 0 Å². The van der Waals surface area contributed by atoms with E-state index in [0.29, 0.717) is 38.9 Å². The van der Waals surface area contributed by atoms with Crippen LogP contribution in [0.4, 0.5) is 5.13 Å². The average Bonchev–Trinajstić information content (AvgIpc) is 3.92. The zero-order chi connectivity index (χ0) is 39.8. The summed E-state index contributed by atoms with van der Waals surface area (Å²) < 4.78 is 0. The molecule has 0 fully saturated rings. The molecule has 16 nitrogen and oxygen atoms in total. The standard InChI is InChI=1S/C38H43N9O7S/c1-5-19(2)31(39)37(54)44-29(17-30(48)49)36(53)43-28(15-23-18-40-25-14-10-9-13-24(23)25)35(52)41-20(3)32(50)26-16-27(47-46-26)33-21(4)42-38(55-33)45-34(51)22-11-7-6-8-12-22/h6-14,16,18-20,28-29,31,40H,5,15,17,39H2,1-4H3,(H,41,52)(H,43,53)(H,44,54)(H,46,47)(H,48,49)(H,42,45,51)/t19-,20-,28-,29+,31-/m0/s1. The molecule has 9 N–H and O–H groups in total. The second-order valence-electron chi connectivity index (χ2n) is 13.2. The molecule has 0 spiro atoms. The van der Waals surface area contributed by atoms with E-state index in [-0.39, 0.29) is 23.9 Å². The minimum absolute atomic E-state index is 0.0181. The fourth-order valence-electron chi connectivity index (χ4n) is 5.79. The van der Waals surface area contributed by atoms with Crippen LogP contribution in [0, 0.1) is 12.8 Å². The van der Waals surface area contributed by atoms with E-state index in [4.69, 9.17) is 5.73 Å². The monoisotopic (exact) mass is 769 g/mol. The summed E-state index contributed by atoms with van der Waals surface area (Å²) in [7, 11) is 0. The zero-order valence-corrected chi connectivity index (χ0v) is 31.5. The average molecular weight is 770 g/mol. The molecule has 0 aliphatic carbocycles. The maximum absolute atomic E-state index is 13.9. The van der Waals surface area contributed by atoms with Gasteiger partial charge in [0.1, 0.15) is 17.8 Å². The number of H-pyrrole nitrogens is 2. The molecular formula is C38H43N9O7S. The third kappa shape index (κ3) is 9.87. The summed E-state index contributed by atoms with van der Waals surface area (Å²) in [6.45, 7) is 6.83. The Morgan fingerprint density at radius 2 is 1.58 bits per heavy atom. The molecule has 55 heavy (non-hydrogen) atoms. The fraction of sp³-hybridized carbons (Fsp3) is 0.316. The van der Waals surface area contributed by atoms with E-state index in [1.54, 1.807) is 44.3 Å². The Balaban J connectivity index is 1.32. The number of carbonyl (C=O) groups excluding carboxylic acids is 5. The number of nitrogens with one attached hydrogen (secondary N) is 6. The quantitative estimate of drug-likeness (QED) is 0.0641. The Kier molecular flexibility index (Phi) is 12.9. The van der Waals surface area contributed by atoms with E-state index in [0.717, 1.165) is 10.9 Å². The van der Waals surface area contributed by atoms with Crippen LogP contribution < -0.4 is 27.0 Å². The summed E-state index contributed by atoms with van der Waals surface area (Å²) in [5, 5.41) is 28.2. The lowest BCUT2D eigenvalue weighted by molar-refractivity contribution is -0.141. The van der Waals surface area contributed by atoms with Gasteiger partial charge in [-0.05, 0) is 49.6 Å². The van der Waals surface area contributed by atoms with Crippen molar-refractivity contribution in [1.82, 2.24) is 36.1 Å². The van der Waals surface area contributed by atoms with Crippen molar-refractivity contribution in [2.24, 2.45) is 11.7 Å². The van der Waals surface area contributed by atoms with Crippen LogP contribution in [-0.2, 0) is 25.6 Å². The first-order valence-corrected chi connectivity index (χ1v) is 18.4. The van der Waals surface area contributed by atoms with Crippen molar-refractivity contribution in [3.63, 3.8) is 0 Å². The van der Waals surface area contributed by atoms with E-state index >= 15 is 0 Å². The topological polar surface area (TPSA) is 254 Å². The van der Waals surface area contributed by atoms with Crippen molar-refractivity contribution in [1.29, 1.82) is 0 Å². The lowest BCUT2D eigenvalue weighted by Crippen LogP contribution is -2.58. The maximum Gasteiger partial charge on any atom is 0.305 e. The first-order valence-electron chi connectivity index (χ1n) is 17.6. The zero-order valence-electron chi connectivity index (χ0n) is 30.6. The number of amides is 4. The summed E-state index contributed by atoms with van der Waals surface area (Å²) in [5.41, 5.74) is 9.05. The second kappa shape index (κ2) is 17.7. The molecular weight excluding hydrogens is 727 g/mol. The number of ketones is 1. The number of hydrogen-bond acceptors (Lipinski definition) is 10. The smallest absolute Gasteiger partial charge is 0.305 e. The number of aromatic amines is 2. The minimum Gasteiger partial charge on any atom is -0.481 e. The SMILES string of the molecule is CC[C@H](C)[C@H](N)C(=O)N[C@H](CC(=O)O)C(=O)N[C@@H](Cc1c[nH]c2ccccc12)C(=O)N[C@@H](C)C(=O)c1cc(-c2sc(NC(=O)c3ccccc3)nc2C)[nH]n1. The number of carboxylic acid groups (broad SMARTS) is 1. The van der Waals surface area contributed by atoms with Crippen molar-refractivity contribution < 1.29 is 33.9 Å². The molecule has 0 aliphatic rings. The molecule has 5 atom stereocenters. The Bertz CT molecular complexity index is 2200. The number of thiazole rings is 1. The number of nitrogens with two attached hydrogens (primary N) is 1. The fourth-order valence-corrected chi connectivity index (χ4v) is 6.72. The molecule has 0 saturated carbocycles. The van der Waals surface area contributed by atoms with Gasteiger partial charge in [0.15, 0.2) is 5.13 Å². The molecule has 0 bridgehead atoms. The number of aliphatic carboxylic acids is 1. The van der Waals surface area contributed by atoms with E-state index in [2.05, 4.69) is 41.4 Å². The van der Waals surface area contributed by atoms with Crippen molar-refractivity contribution in [2.45, 2.75) is 71.1 Å². The molecule has 0 unspecified atom stereocenters. The highest BCUT2D eigenvalue weighted by atomic mass is 32.1. The number of aryl methyl sites for hydroxylation is 1. The summed E-state index contributed by atoms with van der Waals surface area (Å²) in [5.74, 6) is -4.80. The predicted molar refractivity (Wildman–Crippen MR) is 206 cm³/mol. The third-order valence-corrected chi connectivity index (χ3v) is 10.3. The summed E-state index contributed by atoms with van der Waals surface area (Å²) in [6.07, 6.45) is 1.47. The van der Waals surface area contributed by atoms with Gasteiger partial charge in [-0.2, -0.15) is 5.10 Å². The van der Waals surface area contributed by atoms with Crippen LogP contribution in [0.3, 0.4) is 0 Å². The number of nitrogens with zero attached hydrogens (tertiary/aromatic N) is 2. The molecule has 4 amide bonds. The summed E-state index contributed by atoms with van der Waals surface area (Å²) in [4.78, 5) is 86.5. The van der Waals surface area contributed by atoms with Crippen LogP contribution in [0.5, 0.6) is 0 Å². The number of aromatic nitrogens is 4. The van der Waals surface area contributed by atoms with Gasteiger partial charge in [0.05, 0.1) is 34.8 Å². The van der Waals surface area contributed by atoms with Gasteiger partial charge < -0.3 is 31.8 Å². The number of benzene rings is 2. The van der Waals surface area contributed by atoms with Crippen LogP contribution in [0.2, 0.25) is 0 Å². The molecule has 2 aromatic carbocycles.